The molecule has 1 fully saturated rings. The molecule has 23 heavy (non-hydrogen) atoms. The molecule has 1 saturated heterocycles. The second-order valence-electron chi connectivity index (χ2n) is 6.91. The van der Waals surface area contributed by atoms with Crippen molar-refractivity contribution in [2.24, 2.45) is 0 Å². The molecule has 1 aliphatic heterocycles. The van der Waals surface area contributed by atoms with Gasteiger partial charge in [0.15, 0.2) is 5.76 Å². The van der Waals surface area contributed by atoms with Gasteiger partial charge in [-0.05, 0) is 37.3 Å². The molecule has 0 bridgehead atoms. The van der Waals surface area contributed by atoms with Gasteiger partial charge >= 0.3 is 0 Å². The highest BCUT2D eigenvalue weighted by Crippen LogP contribution is 2.25. The average molecular weight is 311 g/mol. The monoisotopic (exact) mass is 311 g/mol. The van der Waals surface area contributed by atoms with Gasteiger partial charge in [0.2, 0.25) is 0 Å². The first-order valence-corrected chi connectivity index (χ1v) is 8.73. The predicted molar refractivity (Wildman–Crippen MR) is 90.3 cm³/mol. The molecule has 0 saturated carbocycles. The third-order valence-corrected chi connectivity index (χ3v) is 5.30. The normalized spacial score (nSPS) is 22.9. The van der Waals surface area contributed by atoms with Crippen LogP contribution in [-0.2, 0) is 19.4 Å². The van der Waals surface area contributed by atoms with Crippen LogP contribution in [0.15, 0.2) is 34.9 Å². The number of aryl methyl sites for hydroxylation is 2. The molecular formula is C19H25N3O. The van der Waals surface area contributed by atoms with Crippen molar-refractivity contribution in [3.8, 4) is 0 Å². The molecule has 1 aliphatic carbocycles. The molecule has 0 radical (unpaired) electrons. The lowest BCUT2D eigenvalue weighted by molar-refractivity contribution is 0.0805. The molecule has 2 aromatic rings. The summed E-state index contributed by atoms with van der Waals surface area (Å²) >= 11 is 0. The zero-order valence-corrected chi connectivity index (χ0v) is 13.9. The van der Waals surface area contributed by atoms with Gasteiger partial charge in [-0.1, -0.05) is 29.4 Å². The molecule has 2 heterocycles. The highest BCUT2D eigenvalue weighted by molar-refractivity contribution is 5.30. The number of piperazine rings is 1. The van der Waals surface area contributed by atoms with Crippen molar-refractivity contribution in [3.05, 3.63) is 52.9 Å². The first kappa shape index (κ1) is 14.9. The van der Waals surface area contributed by atoms with Crippen LogP contribution < -0.4 is 0 Å². The van der Waals surface area contributed by atoms with Crippen molar-refractivity contribution in [2.45, 2.75) is 38.8 Å². The lowest BCUT2D eigenvalue weighted by atomic mass is 9.87. The fraction of sp³-hybridized carbons (Fsp3) is 0.526. The van der Waals surface area contributed by atoms with Crippen molar-refractivity contribution < 1.29 is 4.52 Å². The van der Waals surface area contributed by atoms with Crippen molar-refractivity contribution in [1.29, 1.82) is 0 Å². The fourth-order valence-electron chi connectivity index (χ4n) is 3.99. The van der Waals surface area contributed by atoms with E-state index in [1.807, 2.05) is 13.0 Å². The van der Waals surface area contributed by atoms with Gasteiger partial charge in [0, 0.05) is 38.3 Å². The van der Waals surface area contributed by atoms with E-state index in [9.17, 15) is 0 Å². The number of rotatable bonds is 3. The molecule has 1 atom stereocenters. The van der Waals surface area contributed by atoms with Gasteiger partial charge in [-0.15, -0.1) is 0 Å². The second kappa shape index (κ2) is 6.46. The van der Waals surface area contributed by atoms with E-state index < -0.39 is 0 Å². The Morgan fingerprint density at radius 2 is 1.91 bits per heavy atom. The van der Waals surface area contributed by atoms with Crippen LogP contribution in [0.2, 0.25) is 0 Å². The van der Waals surface area contributed by atoms with Crippen LogP contribution in [0.4, 0.5) is 0 Å². The van der Waals surface area contributed by atoms with Gasteiger partial charge in [0.25, 0.3) is 0 Å². The Morgan fingerprint density at radius 1 is 1.13 bits per heavy atom. The van der Waals surface area contributed by atoms with E-state index in [2.05, 4.69) is 39.2 Å². The summed E-state index contributed by atoms with van der Waals surface area (Å²) < 4.78 is 5.34. The van der Waals surface area contributed by atoms with E-state index in [1.54, 1.807) is 11.1 Å². The molecule has 4 rings (SSSR count). The van der Waals surface area contributed by atoms with Crippen molar-refractivity contribution >= 4 is 0 Å². The van der Waals surface area contributed by atoms with Crippen LogP contribution in [-0.4, -0.2) is 47.2 Å². The molecule has 0 N–H and O–H groups in total. The fourth-order valence-corrected chi connectivity index (χ4v) is 3.99. The Hall–Kier alpha value is -1.65. The van der Waals surface area contributed by atoms with Crippen LogP contribution in [0.25, 0.3) is 0 Å². The van der Waals surface area contributed by atoms with Crippen molar-refractivity contribution in [3.63, 3.8) is 0 Å². The summed E-state index contributed by atoms with van der Waals surface area (Å²) in [7, 11) is 0. The minimum atomic E-state index is 0.722. The third kappa shape index (κ3) is 3.33. The molecule has 0 unspecified atom stereocenters. The molecule has 4 nitrogen and oxygen atoms in total. The maximum absolute atomic E-state index is 5.34. The van der Waals surface area contributed by atoms with E-state index >= 15 is 0 Å². The Balaban J connectivity index is 1.32. The quantitative estimate of drug-likeness (QED) is 0.872. The van der Waals surface area contributed by atoms with Gasteiger partial charge in [-0.25, -0.2) is 0 Å². The summed E-state index contributed by atoms with van der Waals surface area (Å²) in [6.07, 6.45) is 3.76. The van der Waals surface area contributed by atoms with Crippen molar-refractivity contribution in [2.75, 3.05) is 26.2 Å². The summed E-state index contributed by atoms with van der Waals surface area (Å²) in [4.78, 5) is 5.17. The topological polar surface area (TPSA) is 32.5 Å². The van der Waals surface area contributed by atoms with Gasteiger partial charge in [0.05, 0.1) is 12.2 Å². The molecule has 1 aromatic carbocycles. The number of fused-ring (bicyclic) bond motifs is 1. The lowest BCUT2D eigenvalue weighted by Crippen LogP contribution is -2.51. The highest BCUT2D eigenvalue weighted by Gasteiger charge is 2.27. The van der Waals surface area contributed by atoms with E-state index in [0.717, 1.165) is 37.1 Å². The van der Waals surface area contributed by atoms with Gasteiger partial charge in [0.1, 0.15) is 0 Å². The van der Waals surface area contributed by atoms with Crippen LogP contribution in [0, 0.1) is 6.92 Å². The smallest absolute Gasteiger partial charge is 0.150 e. The largest absolute Gasteiger partial charge is 0.360 e. The SMILES string of the molecule is Cc1cc(CN2CCN([C@@H]3CCc4ccccc4C3)CC2)on1. The van der Waals surface area contributed by atoms with Crippen LogP contribution in [0.1, 0.15) is 29.0 Å². The second-order valence-corrected chi connectivity index (χ2v) is 6.91. The Morgan fingerprint density at radius 3 is 2.65 bits per heavy atom. The van der Waals surface area contributed by atoms with Gasteiger partial charge < -0.3 is 4.52 Å². The Kier molecular flexibility index (Phi) is 4.19. The van der Waals surface area contributed by atoms with Crippen LogP contribution in [0.3, 0.4) is 0 Å². The molecule has 2 aliphatic rings. The van der Waals surface area contributed by atoms with Crippen LogP contribution >= 0.6 is 0 Å². The number of aromatic nitrogens is 1. The number of nitrogens with zero attached hydrogens (tertiary/aromatic N) is 3. The third-order valence-electron chi connectivity index (χ3n) is 5.30. The first-order valence-electron chi connectivity index (χ1n) is 8.73. The zero-order valence-electron chi connectivity index (χ0n) is 13.9. The summed E-state index contributed by atoms with van der Waals surface area (Å²) in [6, 6.07) is 11.7. The first-order chi connectivity index (χ1) is 11.3. The molecule has 1 aromatic heterocycles. The maximum Gasteiger partial charge on any atom is 0.150 e. The van der Waals surface area contributed by atoms with E-state index in [0.29, 0.717) is 0 Å². The zero-order chi connectivity index (χ0) is 15.6. The Labute approximate surface area is 138 Å². The minimum Gasteiger partial charge on any atom is -0.360 e. The summed E-state index contributed by atoms with van der Waals surface area (Å²) in [5, 5.41) is 3.98. The number of hydrogen-bond acceptors (Lipinski definition) is 4. The summed E-state index contributed by atoms with van der Waals surface area (Å²) in [6.45, 7) is 7.45. The molecule has 4 heteroatoms. The standard InChI is InChI=1S/C19H25N3O/c1-15-12-19(23-20-15)14-21-8-10-22(11-9-21)18-7-6-16-4-2-3-5-17(16)13-18/h2-5,12,18H,6-11,13-14H2,1H3/t18-/m1/s1. The van der Waals surface area contributed by atoms with E-state index in [-0.39, 0.29) is 0 Å². The average Bonchev–Trinajstić information content (AvgIpc) is 3.00. The van der Waals surface area contributed by atoms with Crippen LogP contribution in [0.5, 0.6) is 0 Å². The number of hydrogen-bond donors (Lipinski definition) is 0. The number of benzene rings is 1. The highest BCUT2D eigenvalue weighted by atomic mass is 16.5. The molecule has 0 amide bonds. The molecule has 0 spiro atoms. The van der Waals surface area contributed by atoms with E-state index in [1.165, 1.54) is 32.4 Å². The maximum atomic E-state index is 5.34. The van der Waals surface area contributed by atoms with Gasteiger partial charge in [-0.2, -0.15) is 0 Å². The lowest BCUT2D eigenvalue weighted by Gasteiger charge is -2.40. The summed E-state index contributed by atoms with van der Waals surface area (Å²) in [5.74, 6) is 0.988. The predicted octanol–water partition coefficient (Wildman–Crippen LogP) is 2.66. The summed E-state index contributed by atoms with van der Waals surface area (Å²) in [5.41, 5.74) is 4.09. The Bertz CT molecular complexity index is 658. The minimum absolute atomic E-state index is 0.722. The van der Waals surface area contributed by atoms with Gasteiger partial charge in [-0.3, -0.25) is 9.80 Å². The molecule has 122 valence electrons. The van der Waals surface area contributed by atoms with E-state index in [4.69, 9.17) is 4.52 Å². The molecular weight excluding hydrogens is 286 g/mol. The van der Waals surface area contributed by atoms with Crippen molar-refractivity contribution in [1.82, 2.24) is 15.0 Å².